The highest BCUT2D eigenvalue weighted by Crippen LogP contribution is 2.23. The minimum atomic E-state index is -0.299. The molecular weight excluding hydrogens is 304 g/mol. The molecular formula is C20H22O4. The summed E-state index contributed by atoms with van der Waals surface area (Å²) in [6.07, 6.45) is 1.86. The first kappa shape index (κ1) is 17.7. The minimum absolute atomic E-state index is 0.0200. The van der Waals surface area contributed by atoms with E-state index in [1.807, 2.05) is 42.5 Å². The zero-order valence-corrected chi connectivity index (χ0v) is 14.1. The van der Waals surface area contributed by atoms with E-state index < -0.39 is 0 Å². The number of ketones is 1. The summed E-state index contributed by atoms with van der Waals surface area (Å²) in [4.78, 5) is 23.0. The molecule has 0 spiro atoms. The van der Waals surface area contributed by atoms with Crippen LogP contribution < -0.4 is 4.74 Å². The van der Waals surface area contributed by atoms with Crippen molar-refractivity contribution in [2.45, 2.75) is 26.7 Å². The second kappa shape index (κ2) is 8.87. The number of rotatable bonds is 8. The zero-order chi connectivity index (χ0) is 17.4. The van der Waals surface area contributed by atoms with Gasteiger partial charge in [0, 0.05) is 0 Å². The minimum Gasteiger partial charge on any atom is -0.486 e. The average molecular weight is 326 g/mol. The summed E-state index contributed by atoms with van der Waals surface area (Å²) in [5.74, 6) is 0.323. The first-order valence-electron chi connectivity index (χ1n) is 8.10. The normalized spacial score (nSPS) is 10.2. The smallest absolute Gasteiger partial charge is 0.338 e. The summed E-state index contributed by atoms with van der Waals surface area (Å²) in [7, 11) is 0. The Kier molecular flexibility index (Phi) is 6.55. The van der Waals surface area contributed by atoms with Crippen molar-refractivity contribution in [1.82, 2.24) is 0 Å². The first-order valence-corrected chi connectivity index (χ1v) is 8.10. The number of benzene rings is 2. The van der Waals surface area contributed by atoms with Crippen LogP contribution in [-0.2, 0) is 9.53 Å². The Morgan fingerprint density at radius 1 is 1.00 bits per heavy atom. The monoisotopic (exact) mass is 326 g/mol. The summed E-state index contributed by atoms with van der Waals surface area (Å²) in [6.45, 7) is 4.05. The Hall–Kier alpha value is -2.62. The van der Waals surface area contributed by atoms with Crippen LogP contribution in [0, 0.1) is 0 Å². The highest BCUT2D eigenvalue weighted by molar-refractivity contribution is 5.91. The molecule has 0 heterocycles. The van der Waals surface area contributed by atoms with E-state index in [9.17, 15) is 9.59 Å². The van der Waals surface area contributed by atoms with Gasteiger partial charge in [-0.25, -0.2) is 4.79 Å². The summed E-state index contributed by atoms with van der Waals surface area (Å²) in [6, 6.07) is 14.8. The SMILES string of the molecule is CCCCOC(=O)c1cccc(-c2ccc(OCC(C)=O)cc2)c1. The molecule has 2 rings (SSSR count). The summed E-state index contributed by atoms with van der Waals surface area (Å²) in [5.41, 5.74) is 2.44. The summed E-state index contributed by atoms with van der Waals surface area (Å²) < 4.78 is 10.6. The van der Waals surface area contributed by atoms with Crippen molar-refractivity contribution in [2.75, 3.05) is 13.2 Å². The van der Waals surface area contributed by atoms with Gasteiger partial charge in [-0.05, 0) is 48.7 Å². The number of esters is 1. The third-order valence-electron chi connectivity index (χ3n) is 3.46. The van der Waals surface area contributed by atoms with E-state index in [1.165, 1.54) is 6.92 Å². The molecule has 0 aromatic heterocycles. The van der Waals surface area contributed by atoms with E-state index in [0.29, 0.717) is 17.9 Å². The molecule has 0 amide bonds. The van der Waals surface area contributed by atoms with Crippen molar-refractivity contribution < 1.29 is 19.1 Å². The highest BCUT2D eigenvalue weighted by Gasteiger charge is 2.08. The van der Waals surface area contributed by atoms with Gasteiger partial charge in [-0.3, -0.25) is 4.79 Å². The summed E-state index contributed by atoms with van der Waals surface area (Å²) >= 11 is 0. The molecule has 0 atom stereocenters. The van der Waals surface area contributed by atoms with Gasteiger partial charge in [0.1, 0.15) is 12.4 Å². The van der Waals surface area contributed by atoms with Crippen molar-refractivity contribution >= 4 is 11.8 Å². The van der Waals surface area contributed by atoms with Crippen molar-refractivity contribution in [3.8, 4) is 16.9 Å². The maximum absolute atomic E-state index is 12.0. The molecule has 126 valence electrons. The second-order valence-corrected chi connectivity index (χ2v) is 5.59. The predicted octanol–water partition coefficient (Wildman–Crippen LogP) is 4.28. The Morgan fingerprint density at radius 3 is 2.42 bits per heavy atom. The fraction of sp³-hybridized carbons (Fsp3) is 0.300. The largest absolute Gasteiger partial charge is 0.486 e. The van der Waals surface area contributed by atoms with Gasteiger partial charge in [0.2, 0.25) is 0 Å². The molecule has 0 fully saturated rings. The predicted molar refractivity (Wildman–Crippen MR) is 93.2 cm³/mol. The van der Waals surface area contributed by atoms with Crippen LogP contribution in [0.1, 0.15) is 37.0 Å². The van der Waals surface area contributed by atoms with E-state index in [-0.39, 0.29) is 18.4 Å². The maximum atomic E-state index is 12.0. The van der Waals surface area contributed by atoms with Crippen molar-refractivity contribution in [2.24, 2.45) is 0 Å². The van der Waals surface area contributed by atoms with Crippen LogP contribution in [0.4, 0.5) is 0 Å². The van der Waals surface area contributed by atoms with Gasteiger partial charge in [0.15, 0.2) is 5.78 Å². The number of hydrogen-bond acceptors (Lipinski definition) is 4. The topological polar surface area (TPSA) is 52.6 Å². The number of carbonyl (C=O) groups excluding carboxylic acids is 2. The van der Waals surface area contributed by atoms with Gasteiger partial charge < -0.3 is 9.47 Å². The Morgan fingerprint density at radius 2 is 1.75 bits per heavy atom. The molecule has 2 aromatic carbocycles. The van der Waals surface area contributed by atoms with E-state index >= 15 is 0 Å². The van der Waals surface area contributed by atoms with Crippen LogP contribution in [0.2, 0.25) is 0 Å². The molecule has 0 unspecified atom stereocenters. The molecule has 0 saturated carbocycles. The Bertz CT molecular complexity index is 689. The van der Waals surface area contributed by atoms with Gasteiger partial charge >= 0.3 is 5.97 Å². The van der Waals surface area contributed by atoms with Crippen LogP contribution in [0.25, 0.3) is 11.1 Å². The second-order valence-electron chi connectivity index (χ2n) is 5.59. The molecule has 4 heteroatoms. The molecule has 0 aliphatic rings. The molecule has 24 heavy (non-hydrogen) atoms. The van der Waals surface area contributed by atoms with E-state index in [4.69, 9.17) is 9.47 Å². The third-order valence-corrected chi connectivity index (χ3v) is 3.46. The Labute approximate surface area is 142 Å². The van der Waals surface area contributed by atoms with E-state index in [0.717, 1.165) is 24.0 Å². The standard InChI is InChI=1S/C20H22O4/c1-3-4-12-23-20(22)18-7-5-6-17(13-18)16-8-10-19(11-9-16)24-14-15(2)21/h5-11,13H,3-4,12,14H2,1-2H3. The van der Waals surface area contributed by atoms with Gasteiger partial charge in [-0.1, -0.05) is 37.6 Å². The highest BCUT2D eigenvalue weighted by atomic mass is 16.5. The third kappa shape index (κ3) is 5.23. The molecule has 0 aliphatic carbocycles. The quantitative estimate of drug-likeness (QED) is 0.537. The number of Topliss-reactive ketones (excluding diaryl/α,β-unsaturated/α-hetero) is 1. The van der Waals surface area contributed by atoms with E-state index in [1.54, 1.807) is 6.07 Å². The van der Waals surface area contributed by atoms with Crippen LogP contribution in [0.5, 0.6) is 5.75 Å². The van der Waals surface area contributed by atoms with Crippen LogP contribution in [-0.4, -0.2) is 25.0 Å². The fourth-order valence-electron chi connectivity index (χ4n) is 2.15. The lowest BCUT2D eigenvalue weighted by Gasteiger charge is -2.08. The van der Waals surface area contributed by atoms with Crippen LogP contribution in [0.15, 0.2) is 48.5 Å². The van der Waals surface area contributed by atoms with Crippen LogP contribution >= 0.6 is 0 Å². The van der Waals surface area contributed by atoms with Crippen LogP contribution in [0.3, 0.4) is 0 Å². The van der Waals surface area contributed by atoms with E-state index in [2.05, 4.69) is 6.92 Å². The Balaban J connectivity index is 2.07. The lowest BCUT2D eigenvalue weighted by Crippen LogP contribution is -2.06. The number of hydrogen-bond donors (Lipinski definition) is 0. The molecule has 2 aromatic rings. The molecule has 0 radical (unpaired) electrons. The molecule has 0 N–H and O–H groups in total. The maximum Gasteiger partial charge on any atom is 0.338 e. The molecule has 0 aliphatic heterocycles. The number of carbonyl (C=O) groups is 2. The number of ether oxygens (including phenoxy) is 2. The lowest BCUT2D eigenvalue weighted by atomic mass is 10.0. The molecule has 0 bridgehead atoms. The average Bonchev–Trinajstić information content (AvgIpc) is 2.60. The van der Waals surface area contributed by atoms with Crippen molar-refractivity contribution in [1.29, 1.82) is 0 Å². The molecule has 0 saturated heterocycles. The lowest BCUT2D eigenvalue weighted by molar-refractivity contribution is -0.118. The van der Waals surface area contributed by atoms with Gasteiger partial charge in [0.05, 0.1) is 12.2 Å². The fourth-order valence-corrected chi connectivity index (χ4v) is 2.15. The van der Waals surface area contributed by atoms with Crippen molar-refractivity contribution in [3.05, 3.63) is 54.1 Å². The van der Waals surface area contributed by atoms with Crippen molar-refractivity contribution in [3.63, 3.8) is 0 Å². The summed E-state index contributed by atoms with van der Waals surface area (Å²) in [5, 5.41) is 0. The van der Waals surface area contributed by atoms with Gasteiger partial charge in [-0.2, -0.15) is 0 Å². The zero-order valence-electron chi connectivity index (χ0n) is 14.1. The van der Waals surface area contributed by atoms with Gasteiger partial charge in [-0.15, -0.1) is 0 Å². The first-order chi connectivity index (χ1) is 11.6. The number of unbranched alkanes of at least 4 members (excludes halogenated alkanes) is 1. The molecule has 4 nitrogen and oxygen atoms in total. The van der Waals surface area contributed by atoms with Gasteiger partial charge in [0.25, 0.3) is 0 Å².